The van der Waals surface area contributed by atoms with Gasteiger partial charge in [-0.3, -0.25) is 4.79 Å². The molecule has 0 saturated carbocycles. The maximum atomic E-state index is 12.0. The van der Waals surface area contributed by atoms with Crippen molar-refractivity contribution in [1.82, 2.24) is 4.90 Å². The summed E-state index contributed by atoms with van der Waals surface area (Å²) in [5.74, 6) is 1.85. The largest absolute Gasteiger partial charge is 0.455 e. The first-order chi connectivity index (χ1) is 10.4. The van der Waals surface area contributed by atoms with E-state index < -0.39 is 0 Å². The minimum absolute atomic E-state index is 0.101. The lowest BCUT2D eigenvalue weighted by Crippen LogP contribution is -3.12. The van der Waals surface area contributed by atoms with Crippen LogP contribution in [0.1, 0.15) is 12.7 Å². The fourth-order valence-corrected chi connectivity index (χ4v) is 2.53. The first kappa shape index (κ1) is 16.8. The standard InChI is InChI=1S/C17H21BrN2O2/c1-12(17(21)19(2)3)20(4)11-15-9-10-16(22-15)13-5-7-14(18)8-6-13/h5-10,12H,11H2,1-4H3/p+1/t12-/m0/s1. The molecule has 2 rings (SSSR count). The van der Waals surface area contributed by atoms with Crippen molar-refractivity contribution in [2.45, 2.75) is 19.5 Å². The van der Waals surface area contributed by atoms with Gasteiger partial charge in [-0.15, -0.1) is 0 Å². The number of likely N-dealkylation sites (N-methyl/N-ethyl adjacent to an activating group) is 2. The Morgan fingerprint density at radius 1 is 1.23 bits per heavy atom. The third-order valence-electron chi connectivity index (χ3n) is 3.79. The van der Waals surface area contributed by atoms with Crippen molar-refractivity contribution in [2.24, 2.45) is 0 Å². The van der Waals surface area contributed by atoms with Gasteiger partial charge in [0, 0.05) is 24.1 Å². The Hall–Kier alpha value is -1.59. The van der Waals surface area contributed by atoms with Crippen molar-refractivity contribution in [3.05, 3.63) is 46.6 Å². The molecule has 0 bridgehead atoms. The Labute approximate surface area is 139 Å². The molecular formula is C17H22BrN2O2+. The summed E-state index contributed by atoms with van der Waals surface area (Å²) >= 11 is 3.43. The van der Waals surface area contributed by atoms with Crippen molar-refractivity contribution >= 4 is 21.8 Å². The van der Waals surface area contributed by atoms with Gasteiger partial charge in [0.05, 0.1) is 7.05 Å². The zero-order valence-electron chi connectivity index (χ0n) is 13.4. The molecule has 1 N–H and O–H groups in total. The van der Waals surface area contributed by atoms with Gasteiger partial charge in [-0.1, -0.05) is 28.1 Å². The third-order valence-corrected chi connectivity index (χ3v) is 4.32. The van der Waals surface area contributed by atoms with Crippen molar-refractivity contribution in [3.8, 4) is 11.3 Å². The van der Waals surface area contributed by atoms with Gasteiger partial charge < -0.3 is 14.2 Å². The molecule has 0 saturated heterocycles. The molecule has 1 heterocycles. The molecule has 22 heavy (non-hydrogen) atoms. The molecule has 0 aliphatic rings. The fourth-order valence-electron chi connectivity index (χ4n) is 2.27. The number of carbonyl (C=O) groups is 1. The number of hydrogen-bond acceptors (Lipinski definition) is 2. The molecule has 118 valence electrons. The Bertz CT molecular complexity index is 634. The average molecular weight is 366 g/mol. The number of halogens is 1. The quantitative estimate of drug-likeness (QED) is 0.881. The highest BCUT2D eigenvalue weighted by atomic mass is 79.9. The second-order valence-corrected chi connectivity index (χ2v) is 6.67. The predicted molar refractivity (Wildman–Crippen MR) is 90.6 cm³/mol. The van der Waals surface area contributed by atoms with Crippen LogP contribution in [0.25, 0.3) is 11.3 Å². The van der Waals surface area contributed by atoms with Gasteiger partial charge in [-0.2, -0.15) is 0 Å². The zero-order valence-corrected chi connectivity index (χ0v) is 15.0. The Morgan fingerprint density at radius 2 is 1.86 bits per heavy atom. The number of amides is 1. The van der Waals surface area contributed by atoms with Gasteiger partial charge in [0.25, 0.3) is 5.91 Å². The van der Waals surface area contributed by atoms with E-state index in [1.54, 1.807) is 19.0 Å². The highest BCUT2D eigenvalue weighted by molar-refractivity contribution is 9.10. The summed E-state index contributed by atoms with van der Waals surface area (Å²) in [6, 6.07) is 11.9. The highest BCUT2D eigenvalue weighted by Gasteiger charge is 2.24. The van der Waals surface area contributed by atoms with Crippen LogP contribution in [0.3, 0.4) is 0 Å². The smallest absolute Gasteiger partial charge is 0.280 e. The number of benzene rings is 1. The van der Waals surface area contributed by atoms with Crippen molar-refractivity contribution in [3.63, 3.8) is 0 Å². The second kappa shape index (κ2) is 7.11. The van der Waals surface area contributed by atoms with E-state index in [2.05, 4.69) is 15.9 Å². The van der Waals surface area contributed by atoms with E-state index in [0.29, 0.717) is 6.54 Å². The molecule has 1 unspecified atom stereocenters. The molecule has 0 aliphatic heterocycles. The van der Waals surface area contributed by atoms with Crippen molar-refractivity contribution in [2.75, 3.05) is 21.1 Å². The number of rotatable bonds is 5. The Balaban J connectivity index is 2.06. The van der Waals surface area contributed by atoms with Crippen molar-refractivity contribution < 1.29 is 14.1 Å². The summed E-state index contributed by atoms with van der Waals surface area (Å²) in [4.78, 5) is 14.7. The van der Waals surface area contributed by atoms with E-state index in [4.69, 9.17) is 4.42 Å². The van der Waals surface area contributed by atoms with Gasteiger partial charge in [0.2, 0.25) is 0 Å². The van der Waals surface area contributed by atoms with Crippen LogP contribution in [0.5, 0.6) is 0 Å². The van der Waals surface area contributed by atoms with Crippen LogP contribution < -0.4 is 4.90 Å². The monoisotopic (exact) mass is 365 g/mol. The minimum atomic E-state index is -0.101. The minimum Gasteiger partial charge on any atom is -0.455 e. The number of nitrogens with zero attached hydrogens (tertiary/aromatic N) is 1. The maximum absolute atomic E-state index is 12.0. The number of hydrogen-bond donors (Lipinski definition) is 1. The molecule has 1 amide bonds. The lowest BCUT2D eigenvalue weighted by molar-refractivity contribution is -0.909. The van der Waals surface area contributed by atoms with E-state index in [0.717, 1.165) is 26.5 Å². The summed E-state index contributed by atoms with van der Waals surface area (Å²) in [6.45, 7) is 2.62. The van der Waals surface area contributed by atoms with Crippen LogP contribution in [0.15, 0.2) is 45.3 Å². The number of nitrogens with one attached hydrogen (secondary N) is 1. The molecule has 0 radical (unpaired) electrons. The van der Waals surface area contributed by atoms with E-state index >= 15 is 0 Å². The topological polar surface area (TPSA) is 37.9 Å². The molecule has 1 aromatic heterocycles. The molecule has 5 heteroatoms. The second-order valence-electron chi connectivity index (χ2n) is 5.75. The van der Waals surface area contributed by atoms with Gasteiger partial charge >= 0.3 is 0 Å². The van der Waals surface area contributed by atoms with E-state index in [-0.39, 0.29) is 11.9 Å². The summed E-state index contributed by atoms with van der Waals surface area (Å²) < 4.78 is 6.95. The summed E-state index contributed by atoms with van der Waals surface area (Å²) in [7, 11) is 5.57. The molecule has 4 nitrogen and oxygen atoms in total. The average Bonchev–Trinajstić information content (AvgIpc) is 2.94. The van der Waals surface area contributed by atoms with Crippen LogP contribution in [0.4, 0.5) is 0 Å². The summed E-state index contributed by atoms with van der Waals surface area (Å²) in [5, 5.41) is 0. The van der Waals surface area contributed by atoms with Crippen LogP contribution in [-0.2, 0) is 11.3 Å². The summed E-state index contributed by atoms with van der Waals surface area (Å²) in [6.07, 6.45) is 0. The molecular weight excluding hydrogens is 344 g/mol. The molecule has 0 spiro atoms. The lowest BCUT2D eigenvalue weighted by atomic mass is 10.2. The van der Waals surface area contributed by atoms with E-state index in [1.165, 1.54) is 0 Å². The normalized spacial score (nSPS) is 13.7. The molecule has 0 aliphatic carbocycles. The van der Waals surface area contributed by atoms with Gasteiger partial charge in [-0.25, -0.2) is 0 Å². The van der Waals surface area contributed by atoms with E-state index in [1.807, 2.05) is 50.4 Å². The Morgan fingerprint density at radius 3 is 2.45 bits per heavy atom. The van der Waals surface area contributed by atoms with Crippen LogP contribution >= 0.6 is 15.9 Å². The zero-order chi connectivity index (χ0) is 16.3. The predicted octanol–water partition coefficient (Wildman–Crippen LogP) is 2.20. The third kappa shape index (κ3) is 3.99. The van der Waals surface area contributed by atoms with Crippen LogP contribution in [0, 0.1) is 0 Å². The fraction of sp³-hybridized carbons (Fsp3) is 0.353. The molecule has 2 aromatic rings. The first-order valence-corrected chi connectivity index (χ1v) is 8.06. The first-order valence-electron chi connectivity index (χ1n) is 7.26. The number of carbonyl (C=O) groups excluding carboxylic acids is 1. The van der Waals surface area contributed by atoms with E-state index in [9.17, 15) is 4.79 Å². The molecule has 0 fully saturated rings. The SMILES string of the molecule is C[C@@H](C(=O)N(C)C)[NH+](C)Cc1ccc(-c2ccc(Br)cc2)o1. The lowest BCUT2D eigenvalue weighted by Gasteiger charge is -2.22. The number of quaternary nitrogens is 1. The van der Waals surface area contributed by atoms with Gasteiger partial charge in [0.1, 0.15) is 12.3 Å². The molecule has 1 aromatic carbocycles. The van der Waals surface area contributed by atoms with Gasteiger partial charge in [-0.05, 0) is 31.2 Å². The number of furan rings is 1. The van der Waals surface area contributed by atoms with Crippen molar-refractivity contribution in [1.29, 1.82) is 0 Å². The highest BCUT2D eigenvalue weighted by Crippen LogP contribution is 2.23. The summed E-state index contributed by atoms with van der Waals surface area (Å²) in [5.41, 5.74) is 1.05. The van der Waals surface area contributed by atoms with Gasteiger partial charge in [0.15, 0.2) is 11.8 Å². The van der Waals surface area contributed by atoms with Crippen LogP contribution in [-0.4, -0.2) is 38.0 Å². The maximum Gasteiger partial charge on any atom is 0.280 e. The Kier molecular flexibility index (Phi) is 5.42. The van der Waals surface area contributed by atoms with Crippen LogP contribution in [0.2, 0.25) is 0 Å². The molecule has 2 atom stereocenters.